The van der Waals surface area contributed by atoms with Crippen LogP contribution in [0, 0.1) is 23.2 Å². The average Bonchev–Trinajstić information content (AvgIpc) is 2.91. The molecule has 6 heteroatoms. The zero-order chi connectivity index (χ0) is 26.0. The molecule has 4 bridgehead atoms. The van der Waals surface area contributed by atoms with Crippen molar-refractivity contribution in [3.8, 4) is 5.75 Å². The van der Waals surface area contributed by atoms with Crippen LogP contribution in [0.3, 0.4) is 0 Å². The van der Waals surface area contributed by atoms with E-state index in [1.807, 2.05) is 35.2 Å². The van der Waals surface area contributed by atoms with Gasteiger partial charge in [-0.15, -0.1) is 0 Å². The van der Waals surface area contributed by atoms with E-state index in [4.69, 9.17) is 4.74 Å². The van der Waals surface area contributed by atoms with E-state index >= 15 is 0 Å². The molecule has 2 aromatic rings. The van der Waals surface area contributed by atoms with Gasteiger partial charge < -0.3 is 15.0 Å². The van der Waals surface area contributed by atoms with Crippen molar-refractivity contribution in [2.75, 3.05) is 32.7 Å². The second kappa shape index (κ2) is 11.1. The van der Waals surface area contributed by atoms with Crippen molar-refractivity contribution in [3.05, 3.63) is 65.7 Å². The van der Waals surface area contributed by atoms with E-state index in [0.717, 1.165) is 48.7 Å². The van der Waals surface area contributed by atoms with Gasteiger partial charge in [0.25, 0.3) is 0 Å². The second-order valence-corrected chi connectivity index (χ2v) is 12.4. The Morgan fingerprint density at radius 2 is 1.50 bits per heavy atom. The molecule has 5 fully saturated rings. The van der Waals surface area contributed by atoms with Crippen molar-refractivity contribution in [1.29, 1.82) is 0 Å². The Morgan fingerprint density at radius 3 is 2.18 bits per heavy atom. The number of nitrogens with zero attached hydrogens (tertiary/aromatic N) is 2. The highest BCUT2D eigenvalue weighted by molar-refractivity contribution is 5.85. The minimum Gasteiger partial charge on any atom is -0.489 e. The number of benzene rings is 2. The summed E-state index contributed by atoms with van der Waals surface area (Å²) in [6.45, 7) is 4.61. The molecule has 0 spiro atoms. The molecule has 38 heavy (non-hydrogen) atoms. The average molecular weight is 516 g/mol. The van der Waals surface area contributed by atoms with Crippen LogP contribution in [0.2, 0.25) is 0 Å². The molecule has 0 aromatic heterocycles. The van der Waals surface area contributed by atoms with Gasteiger partial charge in [0.05, 0.1) is 6.54 Å². The Balaban J connectivity index is 0.920. The van der Waals surface area contributed by atoms with Gasteiger partial charge in [-0.05, 0) is 85.0 Å². The van der Waals surface area contributed by atoms with Crippen LogP contribution < -0.4 is 10.1 Å². The van der Waals surface area contributed by atoms with Crippen LogP contribution in [0.4, 0.5) is 0 Å². The van der Waals surface area contributed by atoms with Crippen LogP contribution in [0.15, 0.2) is 54.6 Å². The summed E-state index contributed by atoms with van der Waals surface area (Å²) >= 11 is 0. The number of carbonyl (C=O) groups excluding carboxylic acids is 2. The zero-order valence-electron chi connectivity index (χ0n) is 22.4. The van der Waals surface area contributed by atoms with Gasteiger partial charge in [0.1, 0.15) is 12.4 Å². The molecule has 2 amide bonds. The lowest BCUT2D eigenvalue weighted by Gasteiger charge is -2.56. The van der Waals surface area contributed by atoms with E-state index in [1.54, 1.807) is 0 Å². The summed E-state index contributed by atoms with van der Waals surface area (Å²) in [5.41, 5.74) is 2.59. The molecular weight excluding hydrogens is 474 g/mol. The fourth-order valence-corrected chi connectivity index (χ4v) is 8.08. The van der Waals surface area contributed by atoms with Crippen molar-refractivity contribution < 1.29 is 14.3 Å². The van der Waals surface area contributed by atoms with Gasteiger partial charge in [-0.3, -0.25) is 14.5 Å². The molecule has 0 radical (unpaired) electrons. The smallest absolute Gasteiger partial charge is 0.242 e. The first-order valence-electron chi connectivity index (χ1n) is 14.5. The van der Waals surface area contributed by atoms with Gasteiger partial charge in [0.2, 0.25) is 11.8 Å². The van der Waals surface area contributed by atoms with E-state index in [9.17, 15) is 9.59 Å². The minimum atomic E-state index is 0.0415. The number of rotatable bonds is 9. The lowest BCUT2D eigenvalue weighted by atomic mass is 9.49. The van der Waals surface area contributed by atoms with Gasteiger partial charge in [-0.1, -0.05) is 42.5 Å². The highest BCUT2D eigenvalue weighted by atomic mass is 16.5. The number of piperazine rings is 1. The number of nitrogens with one attached hydrogen (secondary N) is 1. The summed E-state index contributed by atoms with van der Waals surface area (Å²) in [5, 5.41) is 2.98. The number of carbonyl (C=O) groups is 2. The van der Waals surface area contributed by atoms with Gasteiger partial charge in [0, 0.05) is 39.1 Å². The first kappa shape index (κ1) is 25.4. The van der Waals surface area contributed by atoms with Gasteiger partial charge >= 0.3 is 0 Å². The predicted molar refractivity (Wildman–Crippen MR) is 147 cm³/mol. The molecule has 5 aliphatic rings. The molecule has 4 saturated carbocycles. The summed E-state index contributed by atoms with van der Waals surface area (Å²) in [7, 11) is 0. The van der Waals surface area contributed by atoms with Crippen LogP contribution in [-0.2, 0) is 22.7 Å². The Hall–Kier alpha value is -2.86. The molecule has 6 nitrogen and oxygen atoms in total. The Bertz CT molecular complexity index is 1090. The Morgan fingerprint density at radius 1 is 0.842 bits per heavy atom. The Labute approximate surface area is 226 Å². The first-order chi connectivity index (χ1) is 18.5. The van der Waals surface area contributed by atoms with Crippen LogP contribution in [0.5, 0.6) is 5.75 Å². The van der Waals surface area contributed by atoms with Crippen molar-refractivity contribution in [2.24, 2.45) is 23.2 Å². The molecule has 1 saturated heterocycles. The van der Waals surface area contributed by atoms with E-state index in [0.29, 0.717) is 26.1 Å². The number of ether oxygens (including phenoxy) is 1. The molecule has 2 aromatic carbocycles. The largest absolute Gasteiger partial charge is 0.489 e. The maximum absolute atomic E-state index is 12.8. The topological polar surface area (TPSA) is 61.9 Å². The highest BCUT2D eigenvalue weighted by Gasteiger charge is 2.51. The number of amides is 2. The molecular formula is C32H41N3O3. The van der Waals surface area contributed by atoms with Gasteiger partial charge in [0.15, 0.2) is 0 Å². The summed E-state index contributed by atoms with van der Waals surface area (Å²) in [5.74, 6) is 3.53. The molecule has 0 unspecified atom stereocenters. The maximum atomic E-state index is 12.8. The van der Waals surface area contributed by atoms with Crippen molar-refractivity contribution in [1.82, 2.24) is 15.1 Å². The molecule has 1 heterocycles. The second-order valence-electron chi connectivity index (χ2n) is 12.4. The van der Waals surface area contributed by atoms with Crippen LogP contribution in [0.25, 0.3) is 0 Å². The van der Waals surface area contributed by atoms with Crippen LogP contribution in [0.1, 0.15) is 56.1 Å². The molecule has 202 valence electrons. The molecule has 4 aliphatic carbocycles. The van der Waals surface area contributed by atoms with Gasteiger partial charge in [-0.25, -0.2) is 0 Å². The van der Waals surface area contributed by atoms with E-state index in [-0.39, 0.29) is 23.8 Å². The number of hydrogen-bond acceptors (Lipinski definition) is 4. The van der Waals surface area contributed by atoms with Crippen molar-refractivity contribution in [3.63, 3.8) is 0 Å². The Kier molecular flexibility index (Phi) is 7.42. The maximum Gasteiger partial charge on any atom is 0.242 e. The third kappa shape index (κ3) is 6.06. The molecule has 0 atom stereocenters. The summed E-state index contributed by atoms with van der Waals surface area (Å²) in [6, 6.07) is 18.5. The van der Waals surface area contributed by atoms with Crippen LogP contribution in [-0.4, -0.2) is 54.3 Å². The third-order valence-corrected chi connectivity index (χ3v) is 9.42. The predicted octanol–water partition coefficient (Wildman–Crippen LogP) is 4.63. The normalized spacial score (nSPS) is 28.3. The zero-order valence-corrected chi connectivity index (χ0v) is 22.4. The molecule has 7 rings (SSSR count). The lowest BCUT2D eigenvalue weighted by Crippen LogP contribution is -2.51. The monoisotopic (exact) mass is 515 g/mol. The van der Waals surface area contributed by atoms with Gasteiger partial charge in [-0.2, -0.15) is 0 Å². The fourth-order valence-electron chi connectivity index (χ4n) is 8.08. The van der Waals surface area contributed by atoms with E-state index in [2.05, 4.69) is 34.5 Å². The van der Waals surface area contributed by atoms with Crippen molar-refractivity contribution >= 4 is 11.8 Å². The van der Waals surface area contributed by atoms with Crippen molar-refractivity contribution in [2.45, 2.75) is 58.1 Å². The number of hydrogen-bond donors (Lipinski definition) is 1. The van der Waals surface area contributed by atoms with E-state index < -0.39 is 0 Å². The fraction of sp³-hybridized carbons (Fsp3) is 0.562. The van der Waals surface area contributed by atoms with E-state index in [1.165, 1.54) is 44.1 Å². The standard InChI is InChI=1S/C32H41N3O3/c36-30(20-32-17-26-13-27(18-32)15-28(14-26)19-32)33-21-31(37)35-11-9-34(10-12-35)22-25-7-4-8-29(16-25)38-23-24-5-2-1-3-6-24/h1-8,16,26-28H,9-15,17-23H2,(H,33,36). The molecule has 1 aliphatic heterocycles. The lowest BCUT2D eigenvalue weighted by molar-refractivity contribution is -0.136. The summed E-state index contributed by atoms with van der Waals surface area (Å²) < 4.78 is 5.99. The summed E-state index contributed by atoms with van der Waals surface area (Å²) in [6.07, 6.45) is 8.46. The highest BCUT2D eigenvalue weighted by Crippen LogP contribution is 2.61. The quantitative estimate of drug-likeness (QED) is 0.529. The SMILES string of the molecule is O=C(CC12CC3CC(CC(C3)C1)C2)NCC(=O)N1CCN(Cc2cccc(OCc3ccccc3)c2)CC1. The first-order valence-corrected chi connectivity index (χ1v) is 14.5. The van der Waals surface area contributed by atoms with Crippen LogP contribution >= 0.6 is 0 Å². The minimum absolute atomic E-state index is 0.0415. The summed E-state index contributed by atoms with van der Waals surface area (Å²) in [4.78, 5) is 29.9. The third-order valence-electron chi connectivity index (χ3n) is 9.42. The molecule has 1 N–H and O–H groups in total.